The molecule has 34 heavy (non-hydrogen) atoms. The van der Waals surface area contributed by atoms with Crippen LogP contribution in [0.5, 0.6) is 0 Å². The van der Waals surface area contributed by atoms with Gasteiger partial charge in [0.05, 0.1) is 23.2 Å². The summed E-state index contributed by atoms with van der Waals surface area (Å²) in [7, 11) is 0. The summed E-state index contributed by atoms with van der Waals surface area (Å²) in [5.74, 6) is -0.986. The zero-order valence-electron chi connectivity index (χ0n) is 18.8. The SMILES string of the molecule is Cc1cc([C@@H](C)Nc2ccccc2C(=O)O)c2oc3c(-c4ccccc4)ccc(C#N)c3c2c1. The zero-order chi connectivity index (χ0) is 23.8. The molecule has 5 heteroatoms. The smallest absolute Gasteiger partial charge is 0.337 e. The number of hydrogen-bond acceptors (Lipinski definition) is 4. The molecule has 1 aromatic heterocycles. The Morgan fingerprint density at radius 1 is 1.00 bits per heavy atom. The van der Waals surface area contributed by atoms with E-state index in [0.29, 0.717) is 22.4 Å². The third-order valence-corrected chi connectivity index (χ3v) is 6.09. The zero-order valence-corrected chi connectivity index (χ0v) is 18.8. The number of benzene rings is 4. The van der Waals surface area contributed by atoms with Crippen molar-refractivity contribution < 1.29 is 14.3 Å². The summed E-state index contributed by atoms with van der Waals surface area (Å²) in [5.41, 5.74) is 6.52. The van der Waals surface area contributed by atoms with Crippen LogP contribution in [0.25, 0.3) is 33.1 Å². The average Bonchev–Trinajstić information content (AvgIpc) is 3.23. The molecule has 0 saturated carbocycles. The molecule has 5 aromatic rings. The minimum Gasteiger partial charge on any atom is -0.478 e. The van der Waals surface area contributed by atoms with Crippen LogP contribution in [0.15, 0.2) is 83.3 Å². The Hall–Kier alpha value is -4.56. The highest BCUT2D eigenvalue weighted by atomic mass is 16.4. The molecule has 5 rings (SSSR count). The molecule has 166 valence electrons. The maximum Gasteiger partial charge on any atom is 0.337 e. The molecule has 0 amide bonds. The molecule has 0 fully saturated rings. The number of furan rings is 1. The molecule has 0 aliphatic rings. The van der Waals surface area contributed by atoms with Gasteiger partial charge in [0, 0.05) is 27.6 Å². The van der Waals surface area contributed by atoms with Gasteiger partial charge in [0.25, 0.3) is 0 Å². The van der Waals surface area contributed by atoms with Crippen LogP contribution in [0.1, 0.15) is 40.0 Å². The van der Waals surface area contributed by atoms with Crippen LogP contribution in [-0.2, 0) is 0 Å². The number of carboxylic acid groups (broad SMARTS) is 1. The van der Waals surface area contributed by atoms with E-state index in [1.54, 1.807) is 24.3 Å². The van der Waals surface area contributed by atoms with E-state index in [1.165, 1.54) is 0 Å². The lowest BCUT2D eigenvalue weighted by atomic mass is 9.96. The maximum atomic E-state index is 11.7. The van der Waals surface area contributed by atoms with E-state index >= 15 is 0 Å². The number of para-hydroxylation sites is 1. The van der Waals surface area contributed by atoms with Gasteiger partial charge in [-0.15, -0.1) is 0 Å². The van der Waals surface area contributed by atoms with Gasteiger partial charge in [-0.1, -0.05) is 48.5 Å². The first kappa shape index (κ1) is 21.3. The third-order valence-electron chi connectivity index (χ3n) is 6.09. The number of carboxylic acids is 1. The largest absolute Gasteiger partial charge is 0.478 e. The van der Waals surface area contributed by atoms with Crippen molar-refractivity contribution in [2.75, 3.05) is 5.32 Å². The number of nitrogens with zero attached hydrogens (tertiary/aromatic N) is 1. The van der Waals surface area contributed by atoms with Crippen LogP contribution in [0.2, 0.25) is 0 Å². The standard InChI is InChI=1S/C29H22N2O3/c1-17-14-23(18(2)31-25-11-7-6-10-22(25)29(32)33)27-24(15-17)26-20(16-30)12-13-21(28(26)34-27)19-8-4-3-5-9-19/h3-15,18,31H,1-2H3,(H,32,33)/t18-/m1/s1. The molecule has 0 radical (unpaired) electrons. The molecular weight excluding hydrogens is 424 g/mol. The Kier molecular flexibility index (Phi) is 5.27. The van der Waals surface area contributed by atoms with E-state index in [9.17, 15) is 15.2 Å². The van der Waals surface area contributed by atoms with Crippen molar-refractivity contribution in [3.8, 4) is 17.2 Å². The minimum atomic E-state index is -0.986. The lowest BCUT2D eigenvalue weighted by Crippen LogP contribution is -2.11. The third kappa shape index (κ3) is 3.56. The molecular formula is C29H22N2O3. The van der Waals surface area contributed by atoms with Crippen molar-refractivity contribution in [2.45, 2.75) is 19.9 Å². The fourth-order valence-electron chi connectivity index (χ4n) is 4.53. The van der Waals surface area contributed by atoms with Gasteiger partial charge in [-0.2, -0.15) is 5.26 Å². The van der Waals surface area contributed by atoms with Crippen molar-refractivity contribution >= 4 is 33.6 Å². The van der Waals surface area contributed by atoms with Gasteiger partial charge < -0.3 is 14.8 Å². The van der Waals surface area contributed by atoms with E-state index in [2.05, 4.69) is 11.4 Å². The molecule has 2 N–H and O–H groups in total. The highest BCUT2D eigenvalue weighted by Gasteiger charge is 2.21. The second-order valence-electron chi connectivity index (χ2n) is 8.39. The monoisotopic (exact) mass is 446 g/mol. The first-order valence-electron chi connectivity index (χ1n) is 11.0. The molecule has 0 aliphatic heterocycles. The first-order valence-corrected chi connectivity index (χ1v) is 11.0. The van der Waals surface area contributed by atoms with Gasteiger partial charge in [0.1, 0.15) is 11.2 Å². The van der Waals surface area contributed by atoms with E-state index in [0.717, 1.165) is 33.0 Å². The number of anilines is 1. The number of nitriles is 1. The summed E-state index contributed by atoms with van der Waals surface area (Å²) in [6.07, 6.45) is 0. The van der Waals surface area contributed by atoms with E-state index in [-0.39, 0.29) is 11.6 Å². The van der Waals surface area contributed by atoms with E-state index < -0.39 is 5.97 Å². The van der Waals surface area contributed by atoms with Crippen LogP contribution >= 0.6 is 0 Å². The quantitative estimate of drug-likeness (QED) is 0.296. The number of aromatic carboxylic acids is 1. The Bertz CT molecular complexity index is 1590. The molecule has 4 aromatic carbocycles. The van der Waals surface area contributed by atoms with Crippen molar-refractivity contribution in [3.05, 3.63) is 101 Å². The highest BCUT2D eigenvalue weighted by Crippen LogP contribution is 2.41. The summed E-state index contributed by atoms with van der Waals surface area (Å²) in [6.45, 7) is 3.98. The molecule has 5 nitrogen and oxygen atoms in total. The lowest BCUT2D eigenvalue weighted by Gasteiger charge is -2.18. The second-order valence-corrected chi connectivity index (χ2v) is 8.39. The van der Waals surface area contributed by atoms with Crippen LogP contribution in [-0.4, -0.2) is 11.1 Å². The van der Waals surface area contributed by atoms with Crippen LogP contribution < -0.4 is 5.32 Å². The summed E-state index contributed by atoms with van der Waals surface area (Å²) >= 11 is 0. The topological polar surface area (TPSA) is 86.3 Å². The second kappa shape index (κ2) is 8.42. The van der Waals surface area contributed by atoms with Crippen molar-refractivity contribution in [1.82, 2.24) is 0 Å². The van der Waals surface area contributed by atoms with E-state index in [1.807, 2.05) is 68.4 Å². The normalized spacial score (nSPS) is 11.9. The maximum absolute atomic E-state index is 11.7. The predicted octanol–water partition coefficient (Wildman–Crippen LogP) is 7.30. The van der Waals surface area contributed by atoms with Gasteiger partial charge in [-0.25, -0.2) is 4.79 Å². The average molecular weight is 447 g/mol. The molecule has 0 saturated heterocycles. The van der Waals surface area contributed by atoms with Gasteiger partial charge in [0.15, 0.2) is 0 Å². The minimum absolute atomic E-state index is 0.209. The molecule has 0 spiro atoms. The summed E-state index contributed by atoms with van der Waals surface area (Å²) < 4.78 is 6.50. The van der Waals surface area contributed by atoms with Gasteiger partial charge >= 0.3 is 5.97 Å². The molecule has 0 aliphatic carbocycles. The van der Waals surface area contributed by atoms with Gasteiger partial charge in [0.2, 0.25) is 0 Å². The fourth-order valence-corrected chi connectivity index (χ4v) is 4.53. The van der Waals surface area contributed by atoms with Crippen molar-refractivity contribution in [3.63, 3.8) is 0 Å². The number of carbonyl (C=O) groups is 1. The van der Waals surface area contributed by atoms with Crippen molar-refractivity contribution in [1.29, 1.82) is 5.26 Å². The summed E-state index contributed by atoms with van der Waals surface area (Å²) in [5, 5.41) is 24.4. The lowest BCUT2D eigenvalue weighted by molar-refractivity contribution is 0.0698. The number of aryl methyl sites for hydroxylation is 1. The van der Waals surface area contributed by atoms with Gasteiger partial charge in [-0.05, 0) is 55.3 Å². The Morgan fingerprint density at radius 2 is 1.74 bits per heavy atom. The van der Waals surface area contributed by atoms with Gasteiger partial charge in [-0.3, -0.25) is 0 Å². The number of hydrogen-bond donors (Lipinski definition) is 2. The molecule has 0 bridgehead atoms. The van der Waals surface area contributed by atoms with E-state index in [4.69, 9.17) is 4.42 Å². The van der Waals surface area contributed by atoms with Crippen LogP contribution in [0.4, 0.5) is 5.69 Å². The Morgan fingerprint density at radius 3 is 2.47 bits per heavy atom. The Balaban J connectivity index is 1.73. The fraction of sp³-hybridized carbons (Fsp3) is 0.103. The summed E-state index contributed by atoms with van der Waals surface area (Å²) in [4.78, 5) is 11.7. The molecule has 0 unspecified atom stereocenters. The number of nitrogens with one attached hydrogen (secondary N) is 1. The first-order chi connectivity index (χ1) is 16.5. The molecule has 1 atom stereocenters. The number of rotatable bonds is 5. The molecule has 1 heterocycles. The van der Waals surface area contributed by atoms with Crippen molar-refractivity contribution in [2.24, 2.45) is 0 Å². The Labute approximate surface area is 196 Å². The van der Waals surface area contributed by atoms with Crippen LogP contribution in [0, 0.1) is 18.3 Å². The predicted molar refractivity (Wildman–Crippen MR) is 134 cm³/mol. The van der Waals surface area contributed by atoms with Crippen LogP contribution in [0.3, 0.4) is 0 Å². The summed E-state index contributed by atoms with van der Waals surface area (Å²) in [6, 6.07) is 26.7. The number of fused-ring (bicyclic) bond motifs is 3. The highest BCUT2D eigenvalue weighted by molar-refractivity contribution is 6.13.